The Bertz CT molecular complexity index is 629. The van der Waals surface area contributed by atoms with Gasteiger partial charge in [-0.3, -0.25) is 14.7 Å². The Morgan fingerprint density at radius 1 is 1.23 bits per heavy atom. The third-order valence-corrected chi connectivity index (χ3v) is 5.43. The van der Waals surface area contributed by atoms with Gasteiger partial charge in [-0.15, -0.1) is 0 Å². The zero-order chi connectivity index (χ0) is 14.9. The van der Waals surface area contributed by atoms with Crippen molar-refractivity contribution in [3.05, 3.63) is 52.5 Å². The van der Waals surface area contributed by atoms with E-state index < -0.39 is 0 Å². The van der Waals surface area contributed by atoms with Crippen molar-refractivity contribution in [2.24, 2.45) is 11.8 Å². The molecule has 0 bridgehead atoms. The first-order valence-electron chi connectivity index (χ1n) is 7.72. The minimum absolute atomic E-state index is 0.203. The van der Waals surface area contributed by atoms with Gasteiger partial charge in [-0.2, -0.15) is 11.3 Å². The molecule has 4 heterocycles. The number of thiophene rings is 1. The van der Waals surface area contributed by atoms with E-state index in [-0.39, 0.29) is 5.91 Å². The lowest BCUT2D eigenvalue weighted by atomic mass is 10.0. The summed E-state index contributed by atoms with van der Waals surface area (Å²) in [6.07, 6.45) is 3.76. The Balaban J connectivity index is 1.36. The van der Waals surface area contributed by atoms with Crippen LogP contribution in [0.4, 0.5) is 0 Å². The van der Waals surface area contributed by atoms with Crippen molar-refractivity contribution in [1.82, 2.24) is 14.8 Å². The second-order valence-corrected chi connectivity index (χ2v) is 7.08. The number of rotatable bonds is 3. The van der Waals surface area contributed by atoms with Gasteiger partial charge >= 0.3 is 0 Å². The van der Waals surface area contributed by atoms with Crippen molar-refractivity contribution in [3.63, 3.8) is 0 Å². The van der Waals surface area contributed by atoms with Crippen molar-refractivity contribution in [2.75, 3.05) is 26.2 Å². The van der Waals surface area contributed by atoms with Gasteiger partial charge in [0.2, 0.25) is 0 Å². The molecule has 2 saturated heterocycles. The summed E-state index contributed by atoms with van der Waals surface area (Å²) in [4.78, 5) is 21.1. The average molecular weight is 313 g/mol. The fraction of sp³-hybridized carbons (Fsp3) is 0.412. The lowest BCUT2D eigenvalue weighted by Crippen LogP contribution is -2.32. The summed E-state index contributed by atoms with van der Waals surface area (Å²) in [5.74, 6) is 1.45. The number of hydrogen-bond acceptors (Lipinski definition) is 4. The van der Waals surface area contributed by atoms with E-state index in [2.05, 4.69) is 16.0 Å². The van der Waals surface area contributed by atoms with Crippen LogP contribution in [0.2, 0.25) is 0 Å². The molecule has 1 amide bonds. The van der Waals surface area contributed by atoms with Crippen molar-refractivity contribution >= 4 is 17.2 Å². The third kappa shape index (κ3) is 2.66. The van der Waals surface area contributed by atoms with Crippen LogP contribution in [0.1, 0.15) is 15.9 Å². The molecule has 4 nitrogen and oxygen atoms in total. The number of carbonyl (C=O) groups excluding carboxylic acids is 1. The van der Waals surface area contributed by atoms with Gasteiger partial charge in [-0.05, 0) is 34.9 Å². The number of carbonyl (C=O) groups is 1. The average Bonchev–Trinajstić information content (AvgIpc) is 3.23. The molecule has 0 unspecified atom stereocenters. The van der Waals surface area contributed by atoms with E-state index >= 15 is 0 Å². The highest BCUT2D eigenvalue weighted by Crippen LogP contribution is 2.32. The fourth-order valence-corrected chi connectivity index (χ4v) is 4.33. The van der Waals surface area contributed by atoms with Gasteiger partial charge in [0.25, 0.3) is 5.91 Å². The summed E-state index contributed by atoms with van der Waals surface area (Å²) in [5.41, 5.74) is 2.12. The van der Waals surface area contributed by atoms with Crippen molar-refractivity contribution in [1.29, 1.82) is 0 Å². The maximum atomic E-state index is 12.4. The molecular weight excluding hydrogens is 294 g/mol. The van der Waals surface area contributed by atoms with E-state index in [1.165, 1.54) is 5.56 Å². The SMILES string of the molecule is O=C(c1ccsc1)N1C[C@@H]2CN(Cc3cccnc3)C[C@H]2C1. The van der Waals surface area contributed by atoms with E-state index in [9.17, 15) is 4.79 Å². The van der Waals surface area contributed by atoms with Gasteiger partial charge in [0.1, 0.15) is 0 Å². The Hall–Kier alpha value is -1.72. The number of hydrogen-bond donors (Lipinski definition) is 0. The molecule has 0 aromatic carbocycles. The Kier molecular flexibility index (Phi) is 3.68. The zero-order valence-electron chi connectivity index (χ0n) is 12.4. The molecule has 2 aliphatic rings. The molecule has 0 aliphatic carbocycles. The van der Waals surface area contributed by atoms with Gasteiger partial charge in [-0.1, -0.05) is 6.07 Å². The number of fused-ring (bicyclic) bond motifs is 1. The summed E-state index contributed by atoms with van der Waals surface area (Å²) in [6.45, 7) is 4.96. The quantitative estimate of drug-likeness (QED) is 0.873. The van der Waals surface area contributed by atoms with E-state index in [0.29, 0.717) is 11.8 Å². The predicted octanol–water partition coefficient (Wildman–Crippen LogP) is 2.35. The summed E-state index contributed by atoms with van der Waals surface area (Å²) in [5, 5.41) is 3.92. The maximum Gasteiger partial charge on any atom is 0.254 e. The standard InChI is InChI=1S/C17H19N3OS/c21-17(14-3-5-22-12-14)20-10-15-8-19(9-16(15)11-20)7-13-2-1-4-18-6-13/h1-6,12,15-16H,7-11H2/t15-,16-/m0/s1. The Labute approximate surface area is 134 Å². The Morgan fingerprint density at radius 3 is 2.68 bits per heavy atom. The molecule has 2 fully saturated rings. The summed E-state index contributed by atoms with van der Waals surface area (Å²) in [7, 11) is 0. The normalized spacial score (nSPS) is 24.6. The van der Waals surface area contributed by atoms with Gasteiger partial charge < -0.3 is 4.90 Å². The smallest absolute Gasteiger partial charge is 0.254 e. The molecular formula is C17H19N3OS. The van der Waals surface area contributed by atoms with Crippen LogP contribution in [0.25, 0.3) is 0 Å². The predicted molar refractivity (Wildman–Crippen MR) is 86.7 cm³/mol. The fourth-order valence-electron chi connectivity index (χ4n) is 3.70. The van der Waals surface area contributed by atoms with Crippen LogP contribution in [-0.2, 0) is 6.54 Å². The Morgan fingerprint density at radius 2 is 2.05 bits per heavy atom. The maximum absolute atomic E-state index is 12.4. The number of pyridine rings is 1. The largest absolute Gasteiger partial charge is 0.338 e. The molecule has 4 rings (SSSR count). The van der Waals surface area contributed by atoms with Crippen LogP contribution in [0, 0.1) is 11.8 Å². The summed E-state index contributed by atoms with van der Waals surface area (Å²) < 4.78 is 0. The lowest BCUT2D eigenvalue weighted by molar-refractivity contribution is 0.0774. The summed E-state index contributed by atoms with van der Waals surface area (Å²) >= 11 is 1.59. The molecule has 0 spiro atoms. The second-order valence-electron chi connectivity index (χ2n) is 6.30. The first-order chi connectivity index (χ1) is 10.8. The van der Waals surface area contributed by atoms with Gasteiger partial charge in [0.05, 0.1) is 5.56 Å². The second kappa shape index (κ2) is 5.82. The molecule has 0 radical (unpaired) electrons. The highest BCUT2D eigenvalue weighted by molar-refractivity contribution is 7.08. The highest BCUT2D eigenvalue weighted by Gasteiger charge is 2.41. The molecule has 0 saturated carbocycles. The van der Waals surface area contributed by atoms with Crippen LogP contribution >= 0.6 is 11.3 Å². The molecule has 2 atom stereocenters. The van der Waals surface area contributed by atoms with E-state index in [1.807, 2.05) is 40.2 Å². The lowest BCUT2D eigenvalue weighted by Gasteiger charge is -2.21. The molecule has 114 valence electrons. The first-order valence-corrected chi connectivity index (χ1v) is 8.66. The zero-order valence-corrected chi connectivity index (χ0v) is 13.2. The van der Waals surface area contributed by atoms with E-state index in [1.54, 1.807) is 11.3 Å². The summed E-state index contributed by atoms with van der Waals surface area (Å²) in [6, 6.07) is 6.05. The minimum Gasteiger partial charge on any atom is -0.338 e. The van der Waals surface area contributed by atoms with E-state index in [0.717, 1.165) is 38.3 Å². The molecule has 0 N–H and O–H groups in total. The van der Waals surface area contributed by atoms with Crippen molar-refractivity contribution in [3.8, 4) is 0 Å². The monoisotopic (exact) mass is 313 g/mol. The van der Waals surface area contributed by atoms with Crippen LogP contribution in [-0.4, -0.2) is 46.9 Å². The van der Waals surface area contributed by atoms with Crippen LogP contribution in [0.15, 0.2) is 41.4 Å². The first kappa shape index (κ1) is 13.9. The van der Waals surface area contributed by atoms with E-state index in [4.69, 9.17) is 0 Å². The highest BCUT2D eigenvalue weighted by atomic mass is 32.1. The van der Waals surface area contributed by atoms with Crippen LogP contribution in [0.5, 0.6) is 0 Å². The molecule has 5 heteroatoms. The molecule has 2 aromatic rings. The minimum atomic E-state index is 0.203. The molecule has 2 aliphatic heterocycles. The third-order valence-electron chi connectivity index (χ3n) is 4.75. The number of likely N-dealkylation sites (tertiary alicyclic amines) is 2. The molecule has 2 aromatic heterocycles. The van der Waals surface area contributed by atoms with Crippen molar-refractivity contribution < 1.29 is 4.79 Å². The topological polar surface area (TPSA) is 36.4 Å². The number of nitrogens with zero attached hydrogens (tertiary/aromatic N) is 3. The number of aromatic nitrogens is 1. The van der Waals surface area contributed by atoms with Gasteiger partial charge in [0, 0.05) is 50.5 Å². The number of amides is 1. The van der Waals surface area contributed by atoms with Crippen LogP contribution < -0.4 is 0 Å². The molecule has 22 heavy (non-hydrogen) atoms. The van der Waals surface area contributed by atoms with Gasteiger partial charge in [0.15, 0.2) is 0 Å². The van der Waals surface area contributed by atoms with Crippen LogP contribution in [0.3, 0.4) is 0 Å². The van der Waals surface area contributed by atoms with Gasteiger partial charge in [-0.25, -0.2) is 0 Å². The van der Waals surface area contributed by atoms with Crippen molar-refractivity contribution in [2.45, 2.75) is 6.54 Å².